The van der Waals surface area contributed by atoms with Gasteiger partial charge in [-0.1, -0.05) is 13.0 Å². The van der Waals surface area contributed by atoms with Crippen LogP contribution in [0.15, 0.2) is 36.8 Å². The Morgan fingerprint density at radius 2 is 1.82 bits per heavy atom. The standard InChI is InChI=1S/C28H34FN9/c1-5-37-21-7-8-22(37)16-36(15-21)14-19-6-9-25(30-11-19)34-28-32-13-23(29)26(35-28)20-10-24-27(31-12-20)33-18(4)38(24)17(2)3/h6,9-13,17,21-22H,5,7-8,14-16H2,1-4H3,(H,30,32,34,35). The van der Waals surface area contributed by atoms with Crippen LogP contribution in [0.2, 0.25) is 0 Å². The van der Waals surface area contributed by atoms with Crippen molar-refractivity contribution in [1.82, 2.24) is 39.3 Å². The third kappa shape index (κ3) is 4.63. The van der Waals surface area contributed by atoms with Crippen molar-refractivity contribution < 1.29 is 4.39 Å². The summed E-state index contributed by atoms with van der Waals surface area (Å²) in [6.45, 7) is 12.7. The number of nitrogens with one attached hydrogen (secondary N) is 1. The number of aromatic nitrogens is 6. The Kier molecular flexibility index (Phi) is 6.53. The molecule has 2 saturated heterocycles. The average Bonchev–Trinajstić information content (AvgIpc) is 3.37. The van der Waals surface area contributed by atoms with Crippen molar-refractivity contribution in [3.8, 4) is 11.3 Å². The van der Waals surface area contributed by atoms with E-state index >= 15 is 0 Å². The van der Waals surface area contributed by atoms with Crippen molar-refractivity contribution in [1.29, 1.82) is 0 Å². The van der Waals surface area contributed by atoms with E-state index in [2.05, 4.69) is 71.4 Å². The molecule has 0 aliphatic carbocycles. The summed E-state index contributed by atoms with van der Waals surface area (Å²) >= 11 is 0. The maximum absolute atomic E-state index is 14.8. The lowest BCUT2D eigenvalue weighted by molar-refractivity contribution is 0.0669. The Morgan fingerprint density at radius 1 is 1.03 bits per heavy atom. The lowest BCUT2D eigenvalue weighted by Gasteiger charge is -2.40. The van der Waals surface area contributed by atoms with Crippen molar-refractivity contribution in [3.63, 3.8) is 0 Å². The van der Waals surface area contributed by atoms with Crippen LogP contribution in [0, 0.1) is 12.7 Å². The lowest BCUT2D eigenvalue weighted by Crippen LogP contribution is -2.53. The minimum Gasteiger partial charge on any atom is -0.324 e. The number of halogens is 1. The fraction of sp³-hybridized carbons (Fsp3) is 0.464. The predicted molar refractivity (Wildman–Crippen MR) is 146 cm³/mol. The molecule has 4 aromatic rings. The van der Waals surface area contributed by atoms with Crippen molar-refractivity contribution in [3.05, 3.63) is 54.0 Å². The highest BCUT2D eigenvalue weighted by Gasteiger charge is 2.38. The maximum Gasteiger partial charge on any atom is 0.229 e. The van der Waals surface area contributed by atoms with Crippen LogP contribution >= 0.6 is 0 Å². The molecule has 10 heteroatoms. The second-order valence-corrected chi connectivity index (χ2v) is 10.7. The van der Waals surface area contributed by atoms with E-state index in [1.54, 1.807) is 6.20 Å². The number of pyridine rings is 2. The molecule has 0 radical (unpaired) electrons. The van der Waals surface area contributed by atoms with Gasteiger partial charge in [0, 0.05) is 55.7 Å². The number of nitrogens with zero attached hydrogens (tertiary/aromatic N) is 8. The van der Waals surface area contributed by atoms with Crippen molar-refractivity contribution in [2.75, 3.05) is 25.0 Å². The molecule has 2 aliphatic rings. The monoisotopic (exact) mass is 515 g/mol. The van der Waals surface area contributed by atoms with E-state index < -0.39 is 5.82 Å². The summed E-state index contributed by atoms with van der Waals surface area (Å²) in [5.74, 6) is 1.26. The first-order valence-electron chi connectivity index (χ1n) is 13.5. The third-order valence-corrected chi connectivity index (χ3v) is 7.80. The number of rotatable bonds is 7. The average molecular weight is 516 g/mol. The van der Waals surface area contributed by atoms with E-state index in [0.717, 1.165) is 37.5 Å². The van der Waals surface area contributed by atoms with E-state index in [0.29, 0.717) is 29.1 Å². The molecule has 0 amide bonds. The molecule has 2 aliphatic heterocycles. The first kappa shape index (κ1) is 24.8. The second kappa shape index (κ2) is 9.99. The SMILES string of the molecule is CCN1C2CCC1CN(Cc1ccc(Nc3ncc(F)c(-c4cnc5nc(C)n(C(C)C)c5c4)n3)nc1)C2. The number of hydrogen-bond acceptors (Lipinski definition) is 8. The summed E-state index contributed by atoms with van der Waals surface area (Å²) in [5, 5.41) is 3.12. The Hall–Kier alpha value is -3.50. The van der Waals surface area contributed by atoms with E-state index in [1.807, 2.05) is 25.3 Å². The molecule has 38 heavy (non-hydrogen) atoms. The molecular formula is C28H34FN9. The third-order valence-electron chi connectivity index (χ3n) is 7.80. The lowest BCUT2D eigenvalue weighted by atomic mass is 10.1. The Morgan fingerprint density at radius 3 is 2.50 bits per heavy atom. The zero-order chi connectivity index (χ0) is 26.4. The van der Waals surface area contributed by atoms with Gasteiger partial charge in [-0.25, -0.2) is 29.3 Å². The molecule has 0 aromatic carbocycles. The molecule has 6 heterocycles. The van der Waals surface area contributed by atoms with Crippen molar-refractivity contribution in [2.45, 2.75) is 65.2 Å². The molecule has 198 valence electrons. The first-order valence-corrected chi connectivity index (χ1v) is 13.5. The predicted octanol–water partition coefficient (Wildman–Crippen LogP) is 4.72. The largest absolute Gasteiger partial charge is 0.324 e. The first-order chi connectivity index (χ1) is 18.4. The van der Waals surface area contributed by atoms with Gasteiger partial charge < -0.3 is 9.88 Å². The highest BCUT2D eigenvalue weighted by Crippen LogP contribution is 2.31. The summed E-state index contributed by atoms with van der Waals surface area (Å²) in [7, 11) is 0. The summed E-state index contributed by atoms with van der Waals surface area (Å²) in [6, 6.07) is 7.47. The molecule has 6 rings (SSSR count). The summed E-state index contributed by atoms with van der Waals surface area (Å²) in [5.41, 5.74) is 3.42. The highest BCUT2D eigenvalue weighted by atomic mass is 19.1. The summed E-state index contributed by atoms with van der Waals surface area (Å²) < 4.78 is 16.9. The van der Waals surface area contributed by atoms with E-state index in [9.17, 15) is 4.39 Å². The number of hydrogen-bond donors (Lipinski definition) is 1. The number of imidazole rings is 1. The molecule has 0 spiro atoms. The molecule has 2 bridgehead atoms. The van der Waals surface area contributed by atoms with Crippen LogP contribution in [0.4, 0.5) is 16.2 Å². The minimum absolute atomic E-state index is 0.184. The van der Waals surface area contributed by atoms with Gasteiger partial charge in [0.05, 0.1) is 11.7 Å². The van der Waals surface area contributed by atoms with Gasteiger partial charge in [-0.05, 0) is 57.9 Å². The Bertz CT molecular complexity index is 1430. The molecule has 2 unspecified atom stereocenters. The van der Waals surface area contributed by atoms with E-state index in [-0.39, 0.29) is 17.7 Å². The topological polar surface area (TPSA) is 87.9 Å². The highest BCUT2D eigenvalue weighted by molar-refractivity contribution is 5.78. The molecule has 0 saturated carbocycles. The quantitative estimate of drug-likeness (QED) is 0.378. The number of likely N-dealkylation sites (N-methyl/N-ethyl adjacent to an activating group) is 1. The molecule has 2 fully saturated rings. The van der Waals surface area contributed by atoms with Gasteiger partial charge in [-0.15, -0.1) is 0 Å². The van der Waals surface area contributed by atoms with Crippen LogP contribution in [0.1, 0.15) is 51.0 Å². The Balaban J connectivity index is 1.17. The van der Waals surface area contributed by atoms with Gasteiger partial charge in [0.2, 0.25) is 5.95 Å². The number of likely N-dealkylation sites (tertiary alicyclic amines) is 1. The van der Waals surface area contributed by atoms with Gasteiger partial charge in [0.1, 0.15) is 17.3 Å². The van der Waals surface area contributed by atoms with Crippen LogP contribution in [0.5, 0.6) is 0 Å². The van der Waals surface area contributed by atoms with Gasteiger partial charge in [0.15, 0.2) is 11.5 Å². The number of aryl methyl sites for hydroxylation is 1. The van der Waals surface area contributed by atoms with Crippen LogP contribution < -0.4 is 5.32 Å². The normalized spacial score (nSPS) is 20.1. The fourth-order valence-electron chi connectivity index (χ4n) is 6.19. The number of anilines is 2. The number of piperazine rings is 1. The van der Waals surface area contributed by atoms with Gasteiger partial charge in [-0.2, -0.15) is 0 Å². The zero-order valence-electron chi connectivity index (χ0n) is 22.4. The minimum atomic E-state index is -0.510. The van der Waals surface area contributed by atoms with Crippen LogP contribution in [-0.2, 0) is 6.54 Å². The van der Waals surface area contributed by atoms with Crippen LogP contribution in [-0.4, -0.2) is 71.0 Å². The smallest absolute Gasteiger partial charge is 0.229 e. The molecular weight excluding hydrogens is 481 g/mol. The number of fused-ring (bicyclic) bond motifs is 3. The van der Waals surface area contributed by atoms with Gasteiger partial charge in [-0.3, -0.25) is 9.80 Å². The van der Waals surface area contributed by atoms with E-state index in [4.69, 9.17) is 0 Å². The van der Waals surface area contributed by atoms with Gasteiger partial charge in [0.25, 0.3) is 0 Å². The fourth-order valence-corrected chi connectivity index (χ4v) is 6.19. The Labute approximate surface area is 222 Å². The molecule has 2 atom stereocenters. The molecule has 9 nitrogen and oxygen atoms in total. The maximum atomic E-state index is 14.8. The van der Waals surface area contributed by atoms with Gasteiger partial charge >= 0.3 is 0 Å². The van der Waals surface area contributed by atoms with Crippen molar-refractivity contribution >= 4 is 22.9 Å². The van der Waals surface area contributed by atoms with Crippen molar-refractivity contribution in [2.24, 2.45) is 0 Å². The molecule has 1 N–H and O–H groups in total. The van der Waals surface area contributed by atoms with E-state index in [1.165, 1.54) is 24.6 Å². The summed E-state index contributed by atoms with van der Waals surface area (Å²) in [4.78, 5) is 27.4. The molecule has 4 aromatic heterocycles. The van der Waals surface area contributed by atoms with Crippen LogP contribution in [0.3, 0.4) is 0 Å². The van der Waals surface area contributed by atoms with Crippen LogP contribution in [0.25, 0.3) is 22.4 Å². The zero-order valence-corrected chi connectivity index (χ0v) is 22.4. The summed E-state index contributed by atoms with van der Waals surface area (Å²) in [6.07, 6.45) is 7.29. The second-order valence-electron chi connectivity index (χ2n) is 10.7.